The topological polar surface area (TPSA) is 64.7 Å². The molecule has 1 atom stereocenters. The van der Waals surface area contributed by atoms with Crippen LogP contribution in [-0.2, 0) is 7.05 Å². The molecule has 2 heterocycles. The first kappa shape index (κ1) is 15.5. The van der Waals surface area contributed by atoms with Crippen molar-refractivity contribution in [3.05, 3.63) is 64.9 Å². The van der Waals surface area contributed by atoms with Crippen molar-refractivity contribution in [1.29, 1.82) is 0 Å². The number of halogens is 1. The number of rotatable bonds is 4. The van der Waals surface area contributed by atoms with Gasteiger partial charge in [-0.1, -0.05) is 12.1 Å². The van der Waals surface area contributed by atoms with E-state index in [0.29, 0.717) is 5.69 Å². The number of nitrogens with one attached hydrogen (secondary N) is 1. The maximum atomic E-state index is 12.3. The van der Waals surface area contributed by atoms with Crippen LogP contribution in [0.5, 0.6) is 0 Å². The first-order valence-corrected chi connectivity index (χ1v) is 7.91. The molecule has 1 N–H and O–H groups in total. The summed E-state index contributed by atoms with van der Waals surface area (Å²) < 4.78 is 4.36. The van der Waals surface area contributed by atoms with Gasteiger partial charge in [0.25, 0.3) is 5.91 Å². The van der Waals surface area contributed by atoms with Crippen molar-refractivity contribution in [3.63, 3.8) is 0 Å². The Balaban J connectivity index is 1.72. The Labute approximate surface area is 142 Å². The maximum absolute atomic E-state index is 12.3. The van der Waals surface area contributed by atoms with Crippen molar-refractivity contribution in [1.82, 2.24) is 24.6 Å². The van der Waals surface area contributed by atoms with Gasteiger partial charge >= 0.3 is 0 Å². The third-order valence-corrected chi connectivity index (χ3v) is 4.06. The smallest absolute Gasteiger partial charge is 0.268 e. The van der Waals surface area contributed by atoms with Crippen molar-refractivity contribution in [2.75, 3.05) is 0 Å². The summed E-state index contributed by atoms with van der Waals surface area (Å²) >= 11 is 3.38. The fourth-order valence-electron chi connectivity index (χ4n) is 2.36. The normalized spacial score (nSPS) is 12.1. The van der Waals surface area contributed by atoms with E-state index in [9.17, 15) is 4.79 Å². The molecular formula is C16H16BrN5O. The summed E-state index contributed by atoms with van der Waals surface area (Å²) in [6.07, 6.45) is 4.99. The van der Waals surface area contributed by atoms with Gasteiger partial charge in [-0.3, -0.25) is 4.79 Å². The molecule has 3 rings (SSSR count). The average molecular weight is 374 g/mol. The van der Waals surface area contributed by atoms with Gasteiger partial charge in [-0.25, -0.2) is 9.67 Å². The van der Waals surface area contributed by atoms with E-state index in [1.54, 1.807) is 21.6 Å². The van der Waals surface area contributed by atoms with Gasteiger partial charge in [-0.2, -0.15) is 5.10 Å². The lowest BCUT2D eigenvalue weighted by Gasteiger charge is -2.15. The first-order valence-electron chi connectivity index (χ1n) is 7.12. The summed E-state index contributed by atoms with van der Waals surface area (Å²) in [5, 5.41) is 7.10. The van der Waals surface area contributed by atoms with E-state index >= 15 is 0 Å². The zero-order valence-electron chi connectivity index (χ0n) is 12.8. The standard InChI is InChI=1S/C16H16BrN5O/c1-11(20-16(23)15-7-13(17)8-21(15)2)12-3-5-14(6-4-12)22-10-18-9-19-22/h3-11H,1-2H3,(H,20,23)/t11-/m0/s1. The van der Waals surface area contributed by atoms with Gasteiger partial charge < -0.3 is 9.88 Å². The highest BCUT2D eigenvalue weighted by atomic mass is 79.9. The van der Waals surface area contributed by atoms with Crippen LogP contribution in [0.1, 0.15) is 29.0 Å². The molecule has 0 aliphatic carbocycles. The Hall–Kier alpha value is -2.41. The van der Waals surface area contributed by atoms with Gasteiger partial charge in [-0.05, 0) is 46.6 Å². The number of carbonyl (C=O) groups excluding carboxylic acids is 1. The minimum Gasteiger partial charge on any atom is -0.345 e. The van der Waals surface area contributed by atoms with Crippen LogP contribution < -0.4 is 5.32 Å². The molecule has 0 spiro atoms. The van der Waals surface area contributed by atoms with Crippen LogP contribution in [0.15, 0.2) is 53.7 Å². The predicted molar refractivity (Wildman–Crippen MR) is 90.4 cm³/mol. The number of nitrogens with zero attached hydrogens (tertiary/aromatic N) is 4. The Bertz CT molecular complexity index is 808. The van der Waals surface area contributed by atoms with Crippen molar-refractivity contribution >= 4 is 21.8 Å². The van der Waals surface area contributed by atoms with Crippen LogP contribution in [0.2, 0.25) is 0 Å². The van der Waals surface area contributed by atoms with Crippen LogP contribution in [-0.4, -0.2) is 25.2 Å². The number of carbonyl (C=O) groups is 1. The lowest BCUT2D eigenvalue weighted by Crippen LogP contribution is -2.28. The molecule has 118 valence electrons. The van der Waals surface area contributed by atoms with Crippen LogP contribution in [0.25, 0.3) is 5.69 Å². The largest absolute Gasteiger partial charge is 0.345 e. The predicted octanol–water partition coefficient (Wildman–Crippen LogP) is 2.86. The van der Waals surface area contributed by atoms with Crippen molar-refractivity contribution in [2.24, 2.45) is 7.05 Å². The second-order valence-electron chi connectivity index (χ2n) is 5.28. The van der Waals surface area contributed by atoms with Crippen molar-refractivity contribution in [2.45, 2.75) is 13.0 Å². The van der Waals surface area contributed by atoms with Gasteiger partial charge in [0, 0.05) is 17.7 Å². The number of hydrogen-bond donors (Lipinski definition) is 1. The average Bonchev–Trinajstić information content (AvgIpc) is 3.17. The van der Waals surface area contributed by atoms with Crippen LogP contribution in [0.3, 0.4) is 0 Å². The molecule has 0 fully saturated rings. The third-order valence-electron chi connectivity index (χ3n) is 3.63. The molecule has 1 aromatic carbocycles. The molecule has 0 aliphatic rings. The number of aromatic nitrogens is 4. The molecule has 2 aromatic heterocycles. The van der Waals surface area contributed by atoms with Crippen LogP contribution in [0, 0.1) is 0 Å². The van der Waals surface area contributed by atoms with Gasteiger partial charge in [0.15, 0.2) is 0 Å². The van der Waals surface area contributed by atoms with Crippen LogP contribution >= 0.6 is 15.9 Å². The van der Waals surface area contributed by atoms with E-state index in [0.717, 1.165) is 15.7 Å². The number of aryl methyl sites for hydroxylation is 1. The molecule has 0 saturated carbocycles. The van der Waals surface area contributed by atoms with Gasteiger partial charge in [0.05, 0.1) is 11.7 Å². The first-order chi connectivity index (χ1) is 11.0. The van der Waals surface area contributed by atoms with E-state index in [-0.39, 0.29) is 11.9 Å². The Kier molecular flexibility index (Phi) is 4.29. The SMILES string of the molecule is C[C@H](NC(=O)c1cc(Br)cn1C)c1ccc(-n2cncn2)cc1. The van der Waals surface area contributed by atoms with Crippen molar-refractivity contribution < 1.29 is 4.79 Å². The molecular weight excluding hydrogens is 358 g/mol. The number of benzene rings is 1. The summed E-state index contributed by atoms with van der Waals surface area (Å²) in [4.78, 5) is 16.3. The van der Waals surface area contributed by atoms with Gasteiger partial charge in [0.1, 0.15) is 18.3 Å². The Morgan fingerprint density at radius 3 is 2.61 bits per heavy atom. The quantitative estimate of drug-likeness (QED) is 0.764. The van der Waals surface area contributed by atoms with E-state index < -0.39 is 0 Å². The van der Waals surface area contributed by atoms with Gasteiger partial charge in [0.2, 0.25) is 0 Å². The minimum atomic E-state index is -0.106. The van der Waals surface area contributed by atoms with E-state index in [1.165, 1.54) is 6.33 Å². The molecule has 0 radical (unpaired) electrons. The number of hydrogen-bond acceptors (Lipinski definition) is 3. The maximum Gasteiger partial charge on any atom is 0.268 e. The monoisotopic (exact) mass is 373 g/mol. The number of amides is 1. The molecule has 6 nitrogen and oxygen atoms in total. The summed E-state index contributed by atoms with van der Waals surface area (Å²) in [6.45, 7) is 1.96. The third kappa shape index (κ3) is 3.34. The van der Waals surface area contributed by atoms with Gasteiger partial charge in [-0.15, -0.1) is 0 Å². The zero-order valence-corrected chi connectivity index (χ0v) is 14.4. The van der Waals surface area contributed by atoms with Crippen molar-refractivity contribution in [3.8, 4) is 5.69 Å². The second kappa shape index (κ2) is 6.37. The Morgan fingerprint density at radius 2 is 2.04 bits per heavy atom. The lowest BCUT2D eigenvalue weighted by molar-refractivity contribution is 0.0931. The summed E-state index contributed by atoms with van der Waals surface area (Å²) in [5.41, 5.74) is 2.56. The highest BCUT2D eigenvalue weighted by molar-refractivity contribution is 9.10. The van der Waals surface area contributed by atoms with E-state index in [2.05, 4.69) is 31.3 Å². The molecule has 0 aliphatic heterocycles. The van der Waals surface area contributed by atoms with E-state index in [1.807, 2.05) is 44.4 Å². The Morgan fingerprint density at radius 1 is 1.30 bits per heavy atom. The summed E-state index contributed by atoms with van der Waals surface area (Å²) in [7, 11) is 1.84. The summed E-state index contributed by atoms with van der Waals surface area (Å²) in [6, 6.07) is 9.56. The summed E-state index contributed by atoms with van der Waals surface area (Å²) in [5.74, 6) is -0.106. The second-order valence-corrected chi connectivity index (χ2v) is 6.20. The lowest BCUT2D eigenvalue weighted by atomic mass is 10.1. The molecule has 0 bridgehead atoms. The highest BCUT2D eigenvalue weighted by Crippen LogP contribution is 2.17. The molecule has 1 amide bonds. The molecule has 0 saturated heterocycles. The molecule has 3 aromatic rings. The molecule has 0 unspecified atom stereocenters. The molecule has 23 heavy (non-hydrogen) atoms. The molecule has 7 heteroatoms. The fraction of sp³-hybridized carbons (Fsp3) is 0.188. The zero-order chi connectivity index (χ0) is 16.4. The van der Waals surface area contributed by atoms with Crippen LogP contribution in [0.4, 0.5) is 0 Å². The highest BCUT2D eigenvalue weighted by Gasteiger charge is 2.15. The fourth-order valence-corrected chi connectivity index (χ4v) is 2.89. The van der Waals surface area contributed by atoms with E-state index in [4.69, 9.17) is 0 Å². The minimum absolute atomic E-state index is 0.0963.